The number of aryl methyl sites for hydroxylation is 2. The van der Waals surface area contributed by atoms with Crippen molar-refractivity contribution in [3.63, 3.8) is 0 Å². The van der Waals surface area contributed by atoms with Gasteiger partial charge in [-0.05, 0) is 49.8 Å². The number of carbonyl (C=O) groups excluding carboxylic acids is 1. The fourth-order valence-corrected chi connectivity index (χ4v) is 4.05. The molecule has 5 nitrogen and oxygen atoms in total. The number of hydrogen-bond acceptors (Lipinski definition) is 3. The summed E-state index contributed by atoms with van der Waals surface area (Å²) < 4.78 is 1.87. The van der Waals surface area contributed by atoms with E-state index in [-0.39, 0.29) is 11.9 Å². The first-order valence-corrected chi connectivity index (χ1v) is 9.78. The Kier molecular flexibility index (Phi) is 5.66. The lowest BCUT2D eigenvalue weighted by atomic mass is 10.1. The Balaban J connectivity index is 1.91. The molecule has 1 amide bonds. The first kappa shape index (κ1) is 18.9. The molecule has 1 aliphatic heterocycles. The van der Waals surface area contributed by atoms with Gasteiger partial charge in [0.2, 0.25) is 0 Å². The van der Waals surface area contributed by atoms with Crippen LogP contribution in [-0.2, 0) is 13.0 Å². The van der Waals surface area contributed by atoms with Gasteiger partial charge in [-0.1, -0.05) is 32.4 Å². The maximum absolute atomic E-state index is 13.1. The number of pyridine rings is 1. The maximum atomic E-state index is 13.1. The van der Waals surface area contributed by atoms with E-state index in [1.807, 2.05) is 28.6 Å². The van der Waals surface area contributed by atoms with E-state index in [0.717, 1.165) is 49.2 Å². The van der Waals surface area contributed by atoms with E-state index in [4.69, 9.17) is 11.6 Å². The number of carbonyl (C=O) groups is 1. The maximum Gasteiger partial charge on any atom is 0.272 e. The van der Waals surface area contributed by atoms with Gasteiger partial charge in [0.15, 0.2) is 0 Å². The fourth-order valence-electron chi connectivity index (χ4n) is 3.68. The molecular weight excluding hydrogens is 348 g/mol. The fraction of sp³-hybridized carbons (Fsp3) is 0.550. The molecule has 0 aromatic carbocycles. The van der Waals surface area contributed by atoms with Gasteiger partial charge in [0, 0.05) is 24.8 Å². The lowest BCUT2D eigenvalue weighted by Crippen LogP contribution is -2.31. The minimum atomic E-state index is -0.0250. The summed E-state index contributed by atoms with van der Waals surface area (Å²) in [5.74, 6) is 0.442. The van der Waals surface area contributed by atoms with Gasteiger partial charge in [0.1, 0.15) is 10.8 Å². The summed E-state index contributed by atoms with van der Waals surface area (Å²) in [5.41, 5.74) is 3.54. The van der Waals surface area contributed by atoms with Crippen LogP contribution in [0.4, 0.5) is 0 Å². The highest BCUT2D eigenvalue weighted by Crippen LogP contribution is 2.38. The topological polar surface area (TPSA) is 51.0 Å². The van der Waals surface area contributed by atoms with Crippen LogP contribution < -0.4 is 0 Å². The van der Waals surface area contributed by atoms with Crippen LogP contribution in [0.15, 0.2) is 18.3 Å². The van der Waals surface area contributed by atoms with E-state index < -0.39 is 0 Å². The number of halogens is 1. The smallest absolute Gasteiger partial charge is 0.272 e. The largest absolute Gasteiger partial charge is 0.330 e. The van der Waals surface area contributed by atoms with E-state index in [1.165, 1.54) is 0 Å². The third-order valence-corrected chi connectivity index (χ3v) is 5.34. The van der Waals surface area contributed by atoms with E-state index in [1.54, 1.807) is 6.20 Å². The molecule has 1 saturated heterocycles. The number of amides is 1. The Bertz CT molecular complexity index is 799. The zero-order valence-electron chi connectivity index (χ0n) is 16.0. The molecule has 26 heavy (non-hydrogen) atoms. The number of aromatic nitrogens is 3. The molecule has 3 rings (SSSR count). The van der Waals surface area contributed by atoms with E-state index in [2.05, 4.69) is 30.9 Å². The summed E-state index contributed by atoms with van der Waals surface area (Å²) in [5, 5.41) is 5.28. The Morgan fingerprint density at radius 3 is 2.88 bits per heavy atom. The molecule has 2 aromatic heterocycles. The van der Waals surface area contributed by atoms with Crippen molar-refractivity contribution >= 4 is 17.5 Å². The second kappa shape index (κ2) is 7.78. The molecule has 0 bridgehead atoms. The third kappa shape index (κ3) is 3.63. The van der Waals surface area contributed by atoms with Crippen molar-refractivity contribution in [3.8, 4) is 0 Å². The van der Waals surface area contributed by atoms with Crippen molar-refractivity contribution < 1.29 is 4.79 Å². The van der Waals surface area contributed by atoms with E-state index in [9.17, 15) is 4.79 Å². The zero-order valence-corrected chi connectivity index (χ0v) is 16.8. The molecule has 6 heteroatoms. The molecule has 2 aromatic rings. The summed E-state index contributed by atoms with van der Waals surface area (Å²) in [6.07, 6.45) is 4.48. The molecular formula is C20H27ClN4O. The summed E-state index contributed by atoms with van der Waals surface area (Å²) in [4.78, 5) is 19.3. The van der Waals surface area contributed by atoms with Crippen molar-refractivity contribution in [2.75, 3.05) is 6.54 Å². The van der Waals surface area contributed by atoms with Crippen molar-refractivity contribution in [1.29, 1.82) is 0 Å². The van der Waals surface area contributed by atoms with Gasteiger partial charge in [-0.15, -0.1) is 0 Å². The highest BCUT2D eigenvalue weighted by molar-refractivity contribution is 6.30. The molecule has 0 spiro atoms. The van der Waals surface area contributed by atoms with Gasteiger partial charge < -0.3 is 4.90 Å². The van der Waals surface area contributed by atoms with Crippen molar-refractivity contribution in [2.24, 2.45) is 5.92 Å². The van der Waals surface area contributed by atoms with Crippen LogP contribution >= 0.6 is 11.6 Å². The van der Waals surface area contributed by atoms with Crippen LogP contribution in [0.1, 0.15) is 67.0 Å². The first-order chi connectivity index (χ1) is 12.4. The van der Waals surface area contributed by atoms with Crippen LogP contribution in [0, 0.1) is 12.8 Å². The number of likely N-dealkylation sites (tertiary alicyclic amines) is 1. The monoisotopic (exact) mass is 374 g/mol. The van der Waals surface area contributed by atoms with Gasteiger partial charge in [0.05, 0.1) is 11.7 Å². The molecule has 0 N–H and O–H groups in total. The lowest BCUT2D eigenvalue weighted by Gasteiger charge is -2.25. The Morgan fingerprint density at radius 1 is 1.42 bits per heavy atom. The van der Waals surface area contributed by atoms with E-state index in [0.29, 0.717) is 16.8 Å². The van der Waals surface area contributed by atoms with Gasteiger partial charge >= 0.3 is 0 Å². The van der Waals surface area contributed by atoms with E-state index >= 15 is 0 Å². The second-order valence-electron chi connectivity index (χ2n) is 7.43. The second-order valence-corrected chi connectivity index (χ2v) is 7.78. The summed E-state index contributed by atoms with van der Waals surface area (Å²) in [6, 6.07) is 3.83. The third-order valence-electron chi connectivity index (χ3n) is 4.95. The molecule has 3 heterocycles. The van der Waals surface area contributed by atoms with Crippen LogP contribution in [0.25, 0.3) is 0 Å². The number of nitrogens with zero attached hydrogens (tertiary/aromatic N) is 4. The predicted molar refractivity (Wildman–Crippen MR) is 103 cm³/mol. The molecule has 1 aliphatic rings. The van der Waals surface area contributed by atoms with Crippen LogP contribution in [0.2, 0.25) is 5.15 Å². The molecule has 140 valence electrons. The Hall–Kier alpha value is -1.88. The van der Waals surface area contributed by atoms with Crippen LogP contribution in [-0.4, -0.2) is 32.1 Å². The lowest BCUT2D eigenvalue weighted by molar-refractivity contribution is 0.0729. The average molecular weight is 375 g/mol. The Morgan fingerprint density at radius 2 is 2.19 bits per heavy atom. The normalized spacial score (nSPS) is 17.3. The zero-order chi connectivity index (χ0) is 18.8. The molecule has 0 unspecified atom stereocenters. The van der Waals surface area contributed by atoms with Gasteiger partial charge in [0.25, 0.3) is 5.91 Å². The highest BCUT2D eigenvalue weighted by Gasteiger charge is 2.35. The predicted octanol–water partition coefficient (Wildman–Crippen LogP) is 4.44. The molecule has 1 fully saturated rings. The standard InChI is InChI=1S/C20H27ClN4O/c1-5-15-8-9-22-16(11-15)20(26)24-10-6-7-17(24)18-14(4)23-25(19(18)21)12-13(2)3/h8-9,11,13,17H,5-7,10,12H2,1-4H3/t17-/m1/s1. The highest BCUT2D eigenvalue weighted by atomic mass is 35.5. The molecule has 0 radical (unpaired) electrons. The Labute approximate surface area is 160 Å². The van der Waals surface area contributed by atoms with Crippen molar-refractivity contribution in [1.82, 2.24) is 19.7 Å². The minimum absolute atomic E-state index is 0.0186. The van der Waals surface area contributed by atoms with Crippen LogP contribution in [0.3, 0.4) is 0 Å². The quantitative estimate of drug-likeness (QED) is 0.777. The number of rotatable bonds is 5. The van der Waals surface area contributed by atoms with Gasteiger partial charge in [-0.2, -0.15) is 5.10 Å². The molecule has 0 saturated carbocycles. The minimum Gasteiger partial charge on any atom is -0.330 e. The number of hydrogen-bond donors (Lipinski definition) is 0. The summed E-state index contributed by atoms with van der Waals surface area (Å²) in [7, 11) is 0. The molecule has 1 atom stereocenters. The average Bonchev–Trinajstić information content (AvgIpc) is 3.18. The van der Waals surface area contributed by atoms with Gasteiger partial charge in [-0.3, -0.25) is 14.5 Å². The SMILES string of the molecule is CCc1ccnc(C(=O)N2CCC[C@@H]2c2c(C)nn(CC(C)C)c2Cl)c1. The van der Waals surface area contributed by atoms with Crippen molar-refractivity contribution in [2.45, 2.75) is 59.5 Å². The first-order valence-electron chi connectivity index (χ1n) is 9.41. The summed E-state index contributed by atoms with van der Waals surface area (Å²) in [6.45, 7) is 9.85. The molecule has 0 aliphatic carbocycles. The van der Waals surface area contributed by atoms with Crippen LogP contribution in [0.5, 0.6) is 0 Å². The van der Waals surface area contributed by atoms with Crippen molar-refractivity contribution in [3.05, 3.63) is 46.0 Å². The summed E-state index contributed by atoms with van der Waals surface area (Å²) >= 11 is 6.66. The van der Waals surface area contributed by atoms with Gasteiger partial charge in [-0.25, -0.2) is 0 Å².